The van der Waals surface area contributed by atoms with Gasteiger partial charge in [-0.25, -0.2) is 5.43 Å². The number of hydrogen-bond donors (Lipinski definition) is 1. The Morgan fingerprint density at radius 3 is 2.15 bits per heavy atom. The molecule has 10 nitrogen and oxygen atoms in total. The lowest BCUT2D eigenvalue weighted by Crippen LogP contribution is -2.21. The number of benzene rings is 3. The van der Waals surface area contributed by atoms with Gasteiger partial charge >= 0.3 is 0 Å². The lowest BCUT2D eigenvalue weighted by molar-refractivity contribution is -0.118. The molecule has 4 aromatic rings. The number of thioether (sulfide) groups is 1. The summed E-state index contributed by atoms with van der Waals surface area (Å²) in [6.07, 6.45) is 0. The number of rotatable bonds is 11. The minimum Gasteiger partial charge on any atom is -0.497 e. The lowest BCUT2D eigenvalue weighted by atomic mass is 10.1. The molecule has 202 valence electrons. The minimum atomic E-state index is -0.273. The average molecular weight is 548 g/mol. The molecule has 39 heavy (non-hydrogen) atoms. The molecular formula is C28H29N5O5S. The summed E-state index contributed by atoms with van der Waals surface area (Å²) in [6.45, 7) is 1.82. The van der Waals surface area contributed by atoms with E-state index in [1.165, 1.54) is 11.8 Å². The highest BCUT2D eigenvalue weighted by Crippen LogP contribution is 2.41. The Morgan fingerprint density at radius 2 is 1.56 bits per heavy atom. The van der Waals surface area contributed by atoms with E-state index in [1.54, 1.807) is 28.4 Å². The quantitative estimate of drug-likeness (QED) is 0.165. The van der Waals surface area contributed by atoms with Crippen LogP contribution in [0, 0.1) is 0 Å². The van der Waals surface area contributed by atoms with E-state index < -0.39 is 0 Å². The summed E-state index contributed by atoms with van der Waals surface area (Å²) in [4.78, 5) is 12.7. The Balaban J connectivity index is 1.58. The number of hydrazone groups is 1. The van der Waals surface area contributed by atoms with Gasteiger partial charge < -0.3 is 18.9 Å². The third-order valence-corrected chi connectivity index (χ3v) is 6.69. The van der Waals surface area contributed by atoms with Gasteiger partial charge in [0, 0.05) is 11.3 Å². The number of nitrogens with zero attached hydrogens (tertiary/aromatic N) is 4. The molecule has 0 aliphatic carbocycles. The number of aromatic nitrogens is 3. The minimum absolute atomic E-state index is 0.0830. The number of carbonyl (C=O) groups is 1. The van der Waals surface area contributed by atoms with Gasteiger partial charge in [0.15, 0.2) is 22.5 Å². The fourth-order valence-electron chi connectivity index (χ4n) is 3.78. The average Bonchev–Trinajstić information content (AvgIpc) is 3.42. The monoisotopic (exact) mass is 547 g/mol. The van der Waals surface area contributed by atoms with Crippen molar-refractivity contribution in [1.29, 1.82) is 0 Å². The normalized spacial score (nSPS) is 11.2. The zero-order valence-electron chi connectivity index (χ0n) is 22.3. The van der Waals surface area contributed by atoms with Gasteiger partial charge in [0.2, 0.25) is 5.75 Å². The summed E-state index contributed by atoms with van der Waals surface area (Å²) in [5.74, 6) is 2.58. The van der Waals surface area contributed by atoms with E-state index in [1.807, 2.05) is 78.2 Å². The van der Waals surface area contributed by atoms with Gasteiger partial charge in [-0.05, 0) is 61.0 Å². The highest BCUT2D eigenvalue weighted by Gasteiger charge is 2.21. The Kier molecular flexibility index (Phi) is 9.06. The molecular weight excluding hydrogens is 518 g/mol. The molecule has 3 aromatic carbocycles. The fourth-order valence-corrected chi connectivity index (χ4v) is 4.52. The molecule has 0 bridgehead atoms. The molecule has 0 aliphatic rings. The third kappa shape index (κ3) is 6.32. The van der Waals surface area contributed by atoms with E-state index in [-0.39, 0.29) is 11.7 Å². The predicted molar refractivity (Wildman–Crippen MR) is 151 cm³/mol. The fraction of sp³-hybridized carbons (Fsp3) is 0.214. The van der Waals surface area contributed by atoms with Crippen LogP contribution in [0.3, 0.4) is 0 Å². The van der Waals surface area contributed by atoms with Crippen molar-refractivity contribution >= 4 is 23.4 Å². The smallest absolute Gasteiger partial charge is 0.250 e. The van der Waals surface area contributed by atoms with Crippen molar-refractivity contribution in [3.8, 4) is 40.1 Å². The molecule has 0 saturated heterocycles. The topological polar surface area (TPSA) is 109 Å². The number of methoxy groups -OCH3 is 4. The van der Waals surface area contributed by atoms with E-state index in [0.717, 1.165) is 17.0 Å². The molecule has 0 atom stereocenters. The van der Waals surface area contributed by atoms with Gasteiger partial charge in [0.25, 0.3) is 5.91 Å². The maximum Gasteiger partial charge on any atom is 0.250 e. The highest BCUT2D eigenvalue weighted by molar-refractivity contribution is 7.99. The first-order chi connectivity index (χ1) is 19.0. The first-order valence-corrected chi connectivity index (χ1v) is 12.9. The third-order valence-electron chi connectivity index (χ3n) is 5.76. The van der Waals surface area contributed by atoms with E-state index in [2.05, 4.69) is 20.7 Å². The standard InChI is InChI=1S/C28H29N5O5S/c1-18(19-11-13-22(35-2)14-12-19)29-30-25(34)17-39-28-32-31-27(33(28)21-9-7-6-8-10-21)20-15-23(36-3)26(38-5)24(16-20)37-4/h6-16H,17H2,1-5H3,(H,30,34)/b29-18+. The van der Waals surface area contributed by atoms with Crippen LogP contribution in [0.25, 0.3) is 17.1 Å². The van der Waals surface area contributed by atoms with Crippen LogP contribution in [-0.4, -0.2) is 60.6 Å². The van der Waals surface area contributed by atoms with E-state index >= 15 is 0 Å². The number of amides is 1. The molecule has 1 N–H and O–H groups in total. The molecule has 0 spiro atoms. The van der Waals surface area contributed by atoms with Crippen molar-refractivity contribution in [1.82, 2.24) is 20.2 Å². The van der Waals surface area contributed by atoms with Gasteiger partial charge in [0.1, 0.15) is 5.75 Å². The van der Waals surface area contributed by atoms with Crippen LogP contribution < -0.4 is 24.4 Å². The Hall–Kier alpha value is -4.51. The summed E-state index contributed by atoms with van der Waals surface area (Å²) in [5.41, 5.74) is 5.71. The molecule has 1 heterocycles. The van der Waals surface area contributed by atoms with Crippen LogP contribution in [0.15, 0.2) is 77.0 Å². The van der Waals surface area contributed by atoms with Crippen molar-refractivity contribution in [3.63, 3.8) is 0 Å². The van der Waals surface area contributed by atoms with Crippen molar-refractivity contribution in [2.45, 2.75) is 12.1 Å². The van der Waals surface area contributed by atoms with Crippen LogP contribution in [0.5, 0.6) is 23.0 Å². The second-order valence-electron chi connectivity index (χ2n) is 8.14. The molecule has 11 heteroatoms. The second kappa shape index (κ2) is 12.8. The van der Waals surface area contributed by atoms with Crippen LogP contribution in [-0.2, 0) is 4.79 Å². The predicted octanol–water partition coefficient (Wildman–Crippen LogP) is 4.60. The van der Waals surface area contributed by atoms with Gasteiger partial charge in [-0.3, -0.25) is 9.36 Å². The summed E-state index contributed by atoms with van der Waals surface area (Å²) in [7, 11) is 6.28. The summed E-state index contributed by atoms with van der Waals surface area (Å²) < 4.78 is 23.6. The largest absolute Gasteiger partial charge is 0.497 e. The number of hydrogen-bond acceptors (Lipinski definition) is 9. The summed E-state index contributed by atoms with van der Waals surface area (Å²) in [6, 6.07) is 20.7. The summed E-state index contributed by atoms with van der Waals surface area (Å²) >= 11 is 1.25. The lowest BCUT2D eigenvalue weighted by Gasteiger charge is -2.15. The maximum absolute atomic E-state index is 12.7. The van der Waals surface area contributed by atoms with Crippen molar-refractivity contribution in [2.24, 2.45) is 5.10 Å². The molecule has 0 unspecified atom stereocenters. The molecule has 0 saturated carbocycles. The van der Waals surface area contributed by atoms with E-state index in [0.29, 0.717) is 39.5 Å². The Morgan fingerprint density at radius 1 is 0.897 bits per heavy atom. The zero-order valence-corrected chi connectivity index (χ0v) is 23.1. The van der Waals surface area contributed by atoms with Gasteiger partial charge in [0.05, 0.1) is 39.9 Å². The maximum atomic E-state index is 12.7. The van der Waals surface area contributed by atoms with Crippen molar-refractivity contribution in [3.05, 3.63) is 72.3 Å². The van der Waals surface area contributed by atoms with Crippen LogP contribution in [0.2, 0.25) is 0 Å². The number of para-hydroxylation sites is 1. The van der Waals surface area contributed by atoms with Crippen molar-refractivity contribution in [2.75, 3.05) is 34.2 Å². The number of carbonyl (C=O) groups excluding carboxylic acids is 1. The second-order valence-corrected chi connectivity index (χ2v) is 9.08. The van der Waals surface area contributed by atoms with E-state index in [9.17, 15) is 4.79 Å². The van der Waals surface area contributed by atoms with E-state index in [4.69, 9.17) is 18.9 Å². The van der Waals surface area contributed by atoms with Crippen LogP contribution >= 0.6 is 11.8 Å². The number of ether oxygens (including phenoxy) is 4. The van der Waals surface area contributed by atoms with Gasteiger partial charge in [-0.2, -0.15) is 5.10 Å². The van der Waals surface area contributed by atoms with Crippen LogP contribution in [0.1, 0.15) is 12.5 Å². The van der Waals surface area contributed by atoms with Crippen LogP contribution in [0.4, 0.5) is 0 Å². The molecule has 0 aliphatic heterocycles. The highest BCUT2D eigenvalue weighted by atomic mass is 32.2. The molecule has 1 amide bonds. The van der Waals surface area contributed by atoms with Crippen molar-refractivity contribution < 1.29 is 23.7 Å². The molecule has 4 rings (SSSR count). The number of nitrogens with one attached hydrogen (secondary N) is 1. The molecule has 0 radical (unpaired) electrons. The van der Waals surface area contributed by atoms with Gasteiger partial charge in [-0.15, -0.1) is 10.2 Å². The molecule has 0 fully saturated rings. The first-order valence-electron chi connectivity index (χ1n) is 11.9. The first kappa shape index (κ1) is 27.5. The zero-order chi connectivity index (χ0) is 27.8. The Labute approximate surface area is 231 Å². The summed E-state index contributed by atoms with van der Waals surface area (Å²) in [5, 5.41) is 13.6. The Bertz CT molecular complexity index is 1430. The SMILES string of the molecule is COc1ccc(/C(C)=N/NC(=O)CSc2nnc(-c3cc(OC)c(OC)c(OC)c3)n2-c2ccccc2)cc1. The van der Waals surface area contributed by atoms with Gasteiger partial charge in [-0.1, -0.05) is 30.0 Å². The molecule has 1 aromatic heterocycles.